The maximum atomic E-state index is 14.8. The van der Waals surface area contributed by atoms with Crippen molar-refractivity contribution in [3.8, 4) is 17.6 Å². The van der Waals surface area contributed by atoms with E-state index in [0.717, 1.165) is 12.1 Å². The Hall–Kier alpha value is -4.41. The highest BCUT2D eigenvalue weighted by molar-refractivity contribution is 7.89. The molecular weight excluding hydrogens is 580 g/mol. The Morgan fingerprint density at radius 3 is 2.40 bits per heavy atom. The van der Waals surface area contributed by atoms with Gasteiger partial charge in [0.2, 0.25) is 10.0 Å². The summed E-state index contributed by atoms with van der Waals surface area (Å²) < 4.78 is 84.2. The van der Waals surface area contributed by atoms with Crippen LogP contribution in [0.4, 0.5) is 23.2 Å². The summed E-state index contributed by atoms with van der Waals surface area (Å²) in [6.45, 7) is 0.270. The van der Waals surface area contributed by atoms with Gasteiger partial charge in [-0.2, -0.15) is 17.5 Å². The average Bonchev–Trinajstić information content (AvgIpc) is 3.10. The first-order chi connectivity index (χ1) is 19.8. The third-order valence-electron chi connectivity index (χ3n) is 6.58. The topological polar surface area (TPSA) is 115 Å². The summed E-state index contributed by atoms with van der Waals surface area (Å²) >= 11 is 0. The van der Waals surface area contributed by atoms with Crippen LogP contribution in [0.3, 0.4) is 0 Å². The number of carboxylic acids is 1. The molecule has 1 amide bonds. The first-order valence-corrected chi connectivity index (χ1v) is 14.0. The van der Waals surface area contributed by atoms with E-state index in [0.29, 0.717) is 33.3 Å². The molecule has 0 aliphatic carbocycles. The van der Waals surface area contributed by atoms with Crippen molar-refractivity contribution in [3.63, 3.8) is 0 Å². The maximum Gasteiger partial charge on any atom is 0.417 e. The quantitative estimate of drug-likeness (QED) is 0.319. The summed E-state index contributed by atoms with van der Waals surface area (Å²) in [7, 11) is -4.77. The number of aromatic hydroxyl groups is 1. The van der Waals surface area contributed by atoms with Gasteiger partial charge in [0, 0.05) is 25.1 Å². The lowest BCUT2D eigenvalue weighted by Gasteiger charge is -2.29. The number of rotatable bonds is 5. The maximum absolute atomic E-state index is 14.8. The van der Waals surface area contributed by atoms with Gasteiger partial charge in [-0.25, -0.2) is 12.8 Å². The van der Waals surface area contributed by atoms with E-state index in [1.54, 1.807) is 0 Å². The van der Waals surface area contributed by atoms with Crippen molar-refractivity contribution in [2.45, 2.75) is 43.4 Å². The lowest BCUT2D eigenvalue weighted by atomic mass is 10.0. The summed E-state index contributed by atoms with van der Waals surface area (Å²) in [5.41, 5.74) is -2.43. The summed E-state index contributed by atoms with van der Waals surface area (Å²) in [5, 5.41) is 20.7. The minimum Gasteiger partial charge on any atom is -0.507 e. The fourth-order valence-electron chi connectivity index (χ4n) is 4.61. The van der Waals surface area contributed by atoms with Gasteiger partial charge in [-0.3, -0.25) is 9.59 Å². The molecule has 42 heavy (non-hydrogen) atoms. The third kappa shape index (κ3) is 5.95. The summed E-state index contributed by atoms with van der Waals surface area (Å²) in [4.78, 5) is 26.0. The van der Waals surface area contributed by atoms with E-state index < -0.39 is 74.8 Å². The second-order valence-electron chi connectivity index (χ2n) is 9.29. The van der Waals surface area contributed by atoms with Crippen LogP contribution in [0, 0.1) is 17.7 Å². The summed E-state index contributed by atoms with van der Waals surface area (Å²) in [6, 6.07) is 9.17. The van der Waals surface area contributed by atoms with Crippen molar-refractivity contribution in [1.82, 2.24) is 4.31 Å². The number of benzene rings is 3. The standard InChI is InChI=1S/C29H24F4N2O6S/c1-2-3-4-8-18-13-14-25(24(36)15-18)42(40,41)35-16-19-9-5-6-12-22(19)34(17-23(35)28(38)39)27(37)26-20(29(31,32)33)10-7-11-21(26)30/h5-7,9-15,23,36H,2,8,16-17H2,1H3,(H,38,39). The summed E-state index contributed by atoms with van der Waals surface area (Å²) in [6.07, 6.45) is -4.30. The predicted octanol–water partition coefficient (Wildman–Crippen LogP) is 4.81. The molecule has 3 aromatic carbocycles. The van der Waals surface area contributed by atoms with Crippen molar-refractivity contribution in [2.75, 3.05) is 11.4 Å². The first kappa shape index (κ1) is 30.5. The zero-order valence-corrected chi connectivity index (χ0v) is 22.8. The zero-order valence-electron chi connectivity index (χ0n) is 22.0. The first-order valence-electron chi connectivity index (χ1n) is 12.5. The molecule has 1 atom stereocenters. The number of amides is 1. The fraction of sp³-hybridized carbons (Fsp3) is 0.241. The van der Waals surface area contributed by atoms with E-state index in [2.05, 4.69) is 11.8 Å². The van der Waals surface area contributed by atoms with E-state index in [9.17, 15) is 45.8 Å². The minimum atomic E-state index is -5.12. The molecule has 1 aliphatic heterocycles. The number of phenols is 1. The average molecular weight is 605 g/mol. The number of anilines is 1. The fourth-order valence-corrected chi connectivity index (χ4v) is 6.23. The van der Waals surface area contributed by atoms with Crippen LogP contribution in [0.1, 0.15) is 40.4 Å². The van der Waals surface area contributed by atoms with E-state index in [4.69, 9.17) is 0 Å². The molecule has 0 saturated heterocycles. The zero-order chi connectivity index (χ0) is 30.8. The second-order valence-corrected chi connectivity index (χ2v) is 11.2. The second kappa shape index (κ2) is 11.8. The molecule has 13 heteroatoms. The number of fused-ring (bicyclic) bond motifs is 1. The van der Waals surface area contributed by atoms with Crippen LogP contribution in [0.2, 0.25) is 0 Å². The largest absolute Gasteiger partial charge is 0.507 e. The Morgan fingerprint density at radius 1 is 1.05 bits per heavy atom. The van der Waals surface area contributed by atoms with Crippen LogP contribution in [-0.2, 0) is 34.0 Å². The van der Waals surface area contributed by atoms with Crippen molar-refractivity contribution in [2.24, 2.45) is 0 Å². The third-order valence-corrected chi connectivity index (χ3v) is 8.48. The summed E-state index contributed by atoms with van der Waals surface area (Å²) in [5.74, 6) is 0.327. The Morgan fingerprint density at radius 2 is 1.76 bits per heavy atom. The van der Waals surface area contributed by atoms with Gasteiger partial charge >= 0.3 is 12.1 Å². The lowest BCUT2D eigenvalue weighted by Crippen LogP contribution is -2.50. The van der Waals surface area contributed by atoms with Gasteiger partial charge in [0.05, 0.1) is 17.7 Å². The molecule has 0 bridgehead atoms. The molecule has 0 aromatic heterocycles. The van der Waals surface area contributed by atoms with E-state index in [1.807, 2.05) is 6.92 Å². The number of para-hydroxylation sites is 1. The van der Waals surface area contributed by atoms with Gasteiger partial charge in [-0.15, -0.1) is 5.92 Å². The van der Waals surface area contributed by atoms with Gasteiger partial charge in [-0.05, 0) is 41.5 Å². The van der Waals surface area contributed by atoms with Gasteiger partial charge in [0.25, 0.3) is 5.91 Å². The molecule has 0 spiro atoms. The number of nitrogens with zero attached hydrogens (tertiary/aromatic N) is 2. The van der Waals surface area contributed by atoms with Crippen molar-refractivity contribution in [3.05, 3.63) is 88.7 Å². The lowest BCUT2D eigenvalue weighted by molar-refractivity contribution is -0.141. The monoisotopic (exact) mass is 604 g/mol. The molecule has 1 heterocycles. The Balaban J connectivity index is 1.83. The molecule has 220 valence electrons. The molecule has 0 saturated carbocycles. The van der Waals surface area contributed by atoms with E-state index in [-0.39, 0.29) is 17.7 Å². The molecule has 4 rings (SSSR count). The van der Waals surface area contributed by atoms with Crippen molar-refractivity contribution >= 4 is 27.6 Å². The highest BCUT2D eigenvalue weighted by Gasteiger charge is 2.44. The molecule has 8 nitrogen and oxygen atoms in total. The number of halogens is 4. The molecule has 1 aliphatic rings. The van der Waals surface area contributed by atoms with Gasteiger partial charge in [0.15, 0.2) is 0 Å². The van der Waals surface area contributed by atoms with Gasteiger partial charge in [-0.1, -0.05) is 43.2 Å². The van der Waals surface area contributed by atoms with Crippen LogP contribution in [-0.4, -0.2) is 47.4 Å². The number of carbonyl (C=O) groups is 2. The SMILES string of the molecule is CCC#CCc1ccc(S(=O)(=O)N2Cc3ccccc3N(C(=O)c3c(F)cccc3C(F)(F)F)CC2C(=O)O)c(O)c1. The number of phenolic OH excluding ortho intramolecular Hbond substituents is 1. The number of alkyl halides is 3. The number of hydrogen-bond donors (Lipinski definition) is 2. The van der Waals surface area contributed by atoms with Crippen LogP contribution < -0.4 is 4.90 Å². The van der Waals surface area contributed by atoms with E-state index in [1.165, 1.54) is 36.4 Å². The van der Waals surface area contributed by atoms with Gasteiger partial charge < -0.3 is 15.1 Å². The number of aliphatic carboxylic acids is 1. The number of carboxylic acid groups (broad SMARTS) is 1. The molecule has 0 radical (unpaired) electrons. The number of hydrogen-bond acceptors (Lipinski definition) is 5. The molecule has 1 unspecified atom stereocenters. The molecule has 3 aromatic rings. The normalized spacial score (nSPS) is 15.7. The van der Waals surface area contributed by atoms with E-state index >= 15 is 0 Å². The Kier molecular flexibility index (Phi) is 8.60. The highest BCUT2D eigenvalue weighted by Crippen LogP contribution is 2.38. The van der Waals surface area contributed by atoms with Crippen LogP contribution in [0.5, 0.6) is 5.75 Å². The van der Waals surface area contributed by atoms with Crippen LogP contribution >= 0.6 is 0 Å². The molecular formula is C29H24F4N2O6S. The smallest absolute Gasteiger partial charge is 0.417 e. The number of carbonyl (C=O) groups excluding carboxylic acids is 1. The Labute approximate surface area is 238 Å². The van der Waals surface area contributed by atoms with Crippen molar-refractivity contribution in [1.29, 1.82) is 0 Å². The molecule has 2 N–H and O–H groups in total. The molecule has 0 fully saturated rings. The number of sulfonamides is 1. The minimum absolute atomic E-state index is 0.0639. The van der Waals surface area contributed by atoms with Crippen LogP contribution in [0.25, 0.3) is 0 Å². The Bertz CT molecular complexity index is 1710. The highest BCUT2D eigenvalue weighted by atomic mass is 32.2. The predicted molar refractivity (Wildman–Crippen MR) is 144 cm³/mol. The van der Waals surface area contributed by atoms with Crippen molar-refractivity contribution < 1.29 is 45.8 Å². The van der Waals surface area contributed by atoms with Gasteiger partial charge in [0.1, 0.15) is 22.5 Å². The van der Waals surface area contributed by atoms with Crippen LogP contribution in [0.15, 0.2) is 65.6 Å².